The van der Waals surface area contributed by atoms with Gasteiger partial charge >= 0.3 is 0 Å². The first-order chi connectivity index (χ1) is 43.7. The summed E-state index contributed by atoms with van der Waals surface area (Å²) < 4.78 is 2.51. The molecule has 1 aliphatic carbocycles. The molecule has 0 amide bonds. The number of nitrogens with zero attached hydrogens (tertiary/aromatic N) is 5. The van der Waals surface area contributed by atoms with Crippen LogP contribution in [-0.4, -0.2) is 4.57 Å². The molecule has 13 aromatic rings. The largest absolute Gasteiger partial charge is 0.313 e. The molecule has 0 atom stereocenters. The second-order valence-electron chi connectivity index (χ2n) is 24.9. The van der Waals surface area contributed by atoms with Gasteiger partial charge in [0.1, 0.15) is 0 Å². The molecule has 5 heteroatoms. The van der Waals surface area contributed by atoms with Gasteiger partial charge in [0.2, 0.25) is 0 Å². The Bertz CT molecular complexity index is 4550. The summed E-state index contributed by atoms with van der Waals surface area (Å²) in [6.45, 7) is 9.47. The molecule has 16 rings (SSSR count). The lowest BCUT2D eigenvalue weighted by atomic mass is 9.73. The molecule has 12 aromatic carbocycles. The molecule has 1 aromatic heterocycles. The third kappa shape index (κ3) is 9.06. The second kappa shape index (κ2) is 21.5. The zero-order chi connectivity index (χ0) is 59.8. The van der Waals surface area contributed by atoms with E-state index in [1.807, 2.05) is 0 Å². The van der Waals surface area contributed by atoms with Gasteiger partial charge in [-0.05, 0) is 197 Å². The Hall–Kier alpha value is -10.9. The fourth-order valence-electron chi connectivity index (χ4n) is 14.6. The van der Waals surface area contributed by atoms with E-state index in [4.69, 9.17) is 0 Å². The molecular formula is C84H67N5. The highest BCUT2D eigenvalue weighted by Crippen LogP contribution is 2.56. The molecule has 5 nitrogen and oxygen atoms in total. The summed E-state index contributed by atoms with van der Waals surface area (Å²) >= 11 is 0. The van der Waals surface area contributed by atoms with E-state index < -0.39 is 0 Å². The van der Waals surface area contributed by atoms with Gasteiger partial charge in [-0.3, -0.25) is 0 Å². The maximum Gasteiger partial charge on any atom is 0.0538 e. The van der Waals surface area contributed by atoms with Crippen molar-refractivity contribution in [1.29, 1.82) is 0 Å². The molecular weight excluding hydrogens is 1080 g/mol. The Morgan fingerprint density at radius 3 is 1.10 bits per heavy atom. The normalized spacial score (nSPS) is 14.4. The van der Waals surface area contributed by atoms with E-state index in [1.165, 1.54) is 83.6 Å². The van der Waals surface area contributed by atoms with Gasteiger partial charge in [-0.25, -0.2) is 0 Å². The van der Waals surface area contributed by atoms with E-state index in [0.717, 1.165) is 69.5 Å². The van der Waals surface area contributed by atoms with Crippen molar-refractivity contribution >= 4 is 95.8 Å². The summed E-state index contributed by atoms with van der Waals surface area (Å²) in [5.74, 6) is 0. The van der Waals surface area contributed by atoms with E-state index in [-0.39, 0.29) is 10.8 Å². The molecule has 0 spiro atoms. The minimum absolute atomic E-state index is 0.245. The van der Waals surface area contributed by atoms with Crippen molar-refractivity contribution in [1.82, 2.24) is 4.57 Å². The molecule has 89 heavy (non-hydrogen) atoms. The lowest BCUT2D eigenvalue weighted by Gasteiger charge is -2.42. The first-order valence-electron chi connectivity index (χ1n) is 31.2. The fraction of sp³-hybridized carbons (Fsp3) is 0.0952. The van der Waals surface area contributed by atoms with Crippen molar-refractivity contribution in [2.75, 3.05) is 19.6 Å². The topological polar surface area (TPSA) is 17.9 Å². The van der Waals surface area contributed by atoms with Gasteiger partial charge in [-0.2, -0.15) is 0 Å². The number of aromatic nitrogens is 1. The van der Waals surface area contributed by atoms with Crippen molar-refractivity contribution in [3.63, 3.8) is 0 Å². The fourth-order valence-corrected chi connectivity index (χ4v) is 14.6. The van der Waals surface area contributed by atoms with Crippen LogP contribution in [-0.2, 0) is 10.8 Å². The maximum atomic E-state index is 2.51. The molecule has 0 fully saturated rings. The molecule has 0 bridgehead atoms. The molecule has 2 aliphatic heterocycles. The van der Waals surface area contributed by atoms with Gasteiger partial charge in [0.15, 0.2) is 0 Å². The molecule has 0 N–H and O–H groups in total. The lowest BCUT2D eigenvalue weighted by Crippen LogP contribution is -2.30. The van der Waals surface area contributed by atoms with E-state index in [1.54, 1.807) is 0 Å². The van der Waals surface area contributed by atoms with Gasteiger partial charge in [-0.15, -0.1) is 0 Å². The minimum atomic E-state index is -0.245. The predicted octanol–water partition coefficient (Wildman–Crippen LogP) is 23.5. The summed E-state index contributed by atoms with van der Waals surface area (Å²) in [7, 11) is 0. The third-order valence-electron chi connectivity index (χ3n) is 18.9. The maximum absolute atomic E-state index is 2.51. The van der Waals surface area contributed by atoms with E-state index in [0.29, 0.717) is 0 Å². The summed E-state index contributed by atoms with van der Waals surface area (Å²) in [5, 5.41) is 2.46. The van der Waals surface area contributed by atoms with E-state index >= 15 is 0 Å². The SMILES string of the molecule is CC1(C)c2ccccc2N(c2cccc(-c3ccc4c(c3)c3cc(-c5cccc(N6c7ccccc7C(C)(C)c7ccc(N(c8ccccc8)c8ccccc8)cc76)c5)ccc3n4C3=CC=CCC3)c2)c2cc(N(c3ccccc3)c3ccccc3)ccc21. The number of rotatable bonds is 11. The van der Waals surface area contributed by atoms with Gasteiger partial charge in [0, 0.05) is 72.8 Å². The van der Waals surface area contributed by atoms with Gasteiger partial charge < -0.3 is 24.2 Å². The van der Waals surface area contributed by atoms with Crippen LogP contribution in [0.2, 0.25) is 0 Å². The van der Waals surface area contributed by atoms with Gasteiger partial charge in [-0.1, -0.05) is 198 Å². The predicted molar refractivity (Wildman–Crippen MR) is 376 cm³/mol. The first-order valence-corrected chi connectivity index (χ1v) is 31.2. The molecule has 0 saturated carbocycles. The van der Waals surface area contributed by atoms with Crippen LogP contribution in [0.5, 0.6) is 0 Å². The van der Waals surface area contributed by atoms with Crippen molar-refractivity contribution in [3.8, 4) is 22.3 Å². The van der Waals surface area contributed by atoms with Gasteiger partial charge in [0.25, 0.3) is 0 Å². The van der Waals surface area contributed by atoms with Gasteiger partial charge in [0.05, 0.1) is 33.8 Å². The number of hydrogen-bond donors (Lipinski definition) is 0. The lowest BCUT2D eigenvalue weighted by molar-refractivity contribution is 0.632. The standard InChI is InChI=1S/C84H67N5/c1-83(2)73-40-20-22-42-79(73)88(81-56-69(46-48-75(81)83)85(62-28-10-5-11-29-62)63-30-12-6-13-31-63)67-38-24-26-58(52-67)60-44-50-77-71(54-60)72-55-61(45-51-78(72)87(77)66-36-18-9-19-37-66)59-27-25-39-68(53-59)89-80-43-23-21-41-74(80)84(3,4)76-49-47-70(57-82(76)89)86(64-32-14-7-15-33-64)65-34-16-8-17-35-65/h5-18,20-36,38-57H,19,37H2,1-4H3. The highest BCUT2D eigenvalue weighted by Gasteiger charge is 2.39. The third-order valence-corrected chi connectivity index (χ3v) is 18.9. The molecule has 3 heterocycles. The van der Waals surface area contributed by atoms with Crippen molar-refractivity contribution < 1.29 is 0 Å². The van der Waals surface area contributed by atoms with Crippen LogP contribution in [0.15, 0.2) is 309 Å². The zero-order valence-electron chi connectivity index (χ0n) is 50.6. The van der Waals surface area contributed by atoms with Crippen LogP contribution in [0.4, 0.5) is 68.2 Å². The number of benzene rings is 12. The quantitative estimate of drug-likeness (QED) is 0.128. The Morgan fingerprint density at radius 2 is 0.697 bits per heavy atom. The number of fused-ring (bicyclic) bond motifs is 7. The first kappa shape index (κ1) is 53.6. The van der Waals surface area contributed by atoms with Crippen LogP contribution >= 0.6 is 0 Å². The monoisotopic (exact) mass is 1150 g/mol. The smallest absolute Gasteiger partial charge is 0.0538 e. The molecule has 0 saturated heterocycles. The Kier molecular flexibility index (Phi) is 13.0. The summed E-state index contributed by atoms with van der Waals surface area (Å²) in [5.41, 5.74) is 26.7. The number of allylic oxidation sites excluding steroid dienone is 4. The number of hydrogen-bond acceptors (Lipinski definition) is 4. The van der Waals surface area contributed by atoms with Crippen LogP contribution in [0.25, 0.3) is 49.8 Å². The minimum Gasteiger partial charge on any atom is -0.313 e. The number of para-hydroxylation sites is 6. The Labute approximate surface area is 522 Å². The van der Waals surface area contributed by atoms with Crippen molar-refractivity contribution in [2.45, 2.75) is 51.4 Å². The molecule has 0 unspecified atom stereocenters. The highest BCUT2D eigenvalue weighted by molar-refractivity contribution is 6.12. The van der Waals surface area contributed by atoms with E-state index in [9.17, 15) is 0 Å². The summed E-state index contributed by atoms with van der Waals surface area (Å²) in [4.78, 5) is 9.72. The van der Waals surface area contributed by atoms with Crippen molar-refractivity contribution in [2.24, 2.45) is 0 Å². The van der Waals surface area contributed by atoms with Crippen LogP contribution in [0.1, 0.15) is 62.8 Å². The average Bonchev–Trinajstić information content (AvgIpc) is 1.63. The summed E-state index contributed by atoms with van der Waals surface area (Å²) in [6.07, 6.45) is 8.79. The van der Waals surface area contributed by atoms with Crippen molar-refractivity contribution in [3.05, 3.63) is 332 Å². The average molecular weight is 1150 g/mol. The highest BCUT2D eigenvalue weighted by atomic mass is 15.2. The Balaban J connectivity index is 0.819. The second-order valence-corrected chi connectivity index (χ2v) is 24.9. The Morgan fingerprint density at radius 1 is 0.315 bits per heavy atom. The van der Waals surface area contributed by atoms with Crippen LogP contribution < -0.4 is 19.6 Å². The molecule has 3 aliphatic rings. The number of anilines is 12. The zero-order valence-corrected chi connectivity index (χ0v) is 50.6. The van der Waals surface area contributed by atoms with Crippen LogP contribution in [0.3, 0.4) is 0 Å². The molecule has 0 radical (unpaired) electrons. The van der Waals surface area contributed by atoms with Crippen LogP contribution in [0, 0.1) is 0 Å². The van der Waals surface area contributed by atoms with E-state index in [2.05, 4.69) is 361 Å². The molecule has 428 valence electrons. The summed E-state index contributed by atoms with van der Waals surface area (Å²) in [6, 6.07) is 108.